The fraction of sp³-hybridized carbons (Fsp3) is 0.556. The average Bonchev–Trinajstić information content (AvgIpc) is 3.36. The Balaban J connectivity index is 2.27. The fourth-order valence-electron chi connectivity index (χ4n) is 4.52. The molecule has 1 fully saturated rings. The first-order valence-electron chi connectivity index (χ1n) is 13.4. The van der Waals surface area contributed by atoms with Gasteiger partial charge in [0.05, 0.1) is 5.92 Å². The van der Waals surface area contributed by atoms with E-state index in [1.165, 1.54) is 4.90 Å². The lowest BCUT2D eigenvalue weighted by atomic mass is 9.91. The molecule has 1 aliphatic heterocycles. The average molecular weight is 577 g/mol. The van der Waals surface area contributed by atoms with Crippen molar-refractivity contribution in [2.45, 2.75) is 76.6 Å². The van der Waals surface area contributed by atoms with Gasteiger partial charge in [-0.05, 0) is 58.4 Å². The predicted molar refractivity (Wildman–Crippen MR) is 148 cm³/mol. The molecule has 1 aromatic carbocycles. The second kappa shape index (κ2) is 14.9. The number of amides is 3. The number of carbonyl (C=O) groups excluding carboxylic acids is 3. The zero-order valence-electron chi connectivity index (χ0n) is 23.5. The maximum absolute atomic E-state index is 13.8. The van der Waals surface area contributed by atoms with Crippen LogP contribution < -0.4 is 21.7 Å². The number of carboxylic acid groups (broad SMARTS) is 2. The standard InChI is InChI=1S/C27H40N6O8/c1-27(2,3)41-26(40)32-20(17(23(36)37)15-16-9-5-4-6-10-16)22(35)33-14-8-12-19(33)21(34)31-18(24(38)39)11-7-13-30-25(28)29/h4-6,9-10,17-20H,7-8,11-15H2,1-3H3,(H,31,34)(H,32,40)(H,36,37)(H,38,39)(H4,28,29,30)/t17?,18-,19-,20-/m0/s1. The lowest BCUT2D eigenvalue weighted by Gasteiger charge is -2.32. The monoisotopic (exact) mass is 576 g/mol. The Kier molecular flexibility index (Phi) is 11.9. The predicted octanol–water partition coefficient (Wildman–Crippen LogP) is 0.647. The van der Waals surface area contributed by atoms with E-state index in [9.17, 15) is 34.2 Å². The van der Waals surface area contributed by atoms with Gasteiger partial charge in [-0.25, -0.2) is 9.59 Å². The summed E-state index contributed by atoms with van der Waals surface area (Å²) in [6, 6.07) is 4.74. The Hall–Kier alpha value is -4.36. The number of rotatable bonds is 13. The van der Waals surface area contributed by atoms with E-state index >= 15 is 0 Å². The highest BCUT2D eigenvalue weighted by atomic mass is 16.6. The summed E-state index contributed by atoms with van der Waals surface area (Å²) in [6.07, 6.45) is -0.0806. The minimum atomic E-state index is -1.57. The van der Waals surface area contributed by atoms with Crippen molar-refractivity contribution in [3.63, 3.8) is 0 Å². The number of nitrogens with zero attached hydrogens (tertiary/aromatic N) is 1. The first-order valence-corrected chi connectivity index (χ1v) is 13.4. The molecule has 3 amide bonds. The smallest absolute Gasteiger partial charge is 0.408 e. The quantitative estimate of drug-likeness (QED) is 0.0985. The summed E-state index contributed by atoms with van der Waals surface area (Å²) in [5, 5.41) is 34.3. The van der Waals surface area contributed by atoms with E-state index in [2.05, 4.69) is 16.0 Å². The Bertz CT molecular complexity index is 1110. The van der Waals surface area contributed by atoms with E-state index in [0.29, 0.717) is 18.4 Å². The van der Waals surface area contributed by atoms with Crippen LogP contribution in [-0.2, 0) is 30.3 Å². The number of nitrogens with one attached hydrogen (secondary N) is 4. The van der Waals surface area contributed by atoms with Crippen LogP contribution in [0.1, 0.15) is 52.0 Å². The molecule has 0 radical (unpaired) electrons. The molecule has 8 N–H and O–H groups in total. The van der Waals surface area contributed by atoms with Crippen LogP contribution in [-0.4, -0.2) is 87.7 Å². The summed E-state index contributed by atoms with van der Waals surface area (Å²) >= 11 is 0. The molecule has 14 nitrogen and oxygen atoms in total. The van der Waals surface area contributed by atoms with Gasteiger partial charge >= 0.3 is 18.0 Å². The molecule has 14 heteroatoms. The zero-order valence-corrected chi connectivity index (χ0v) is 23.5. The molecule has 1 aromatic rings. The minimum absolute atomic E-state index is 0.0447. The van der Waals surface area contributed by atoms with Crippen LogP contribution in [0.15, 0.2) is 30.3 Å². The number of likely N-dealkylation sites (tertiary alicyclic amines) is 1. The van der Waals surface area contributed by atoms with Gasteiger partial charge in [0.1, 0.15) is 23.7 Å². The van der Waals surface area contributed by atoms with Gasteiger partial charge in [0.2, 0.25) is 11.8 Å². The molecule has 1 unspecified atom stereocenters. The summed E-state index contributed by atoms with van der Waals surface area (Å²) in [6.45, 7) is 5.22. The fourth-order valence-corrected chi connectivity index (χ4v) is 4.52. The highest BCUT2D eigenvalue weighted by Crippen LogP contribution is 2.23. The lowest BCUT2D eigenvalue weighted by molar-refractivity contribution is -0.150. The highest BCUT2D eigenvalue weighted by molar-refractivity contribution is 5.95. The van der Waals surface area contributed by atoms with Gasteiger partial charge in [0.15, 0.2) is 5.96 Å². The van der Waals surface area contributed by atoms with Crippen LogP contribution >= 0.6 is 0 Å². The van der Waals surface area contributed by atoms with Crippen molar-refractivity contribution in [2.75, 3.05) is 13.1 Å². The number of carbonyl (C=O) groups is 5. The summed E-state index contributed by atoms with van der Waals surface area (Å²) in [5.74, 6) is -5.73. The molecular formula is C27H40N6O8. The molecule has 0 saturated carbocycles. The molecular weight excluding hydrogens is 536 g/mol. The maximum atomic E-state index is 13.8. The molecule has 0 bridgehead atoms. The minimum Gasteiger partial charge on any atom is -0.481 e. The molecule has 0 aliphatic carbocycles. The van der Waals surface area contributed by atoms with Gasteiger partial charge in [-0.15, -0.1) is 0 Å². The van der Waals surface area contributed by atoms with Gasteiger partial charge < -0.3 is 41.5 Å². The Morgan fingerprint density at radius 2 is 1.76 bits per heavy atom. The third-order valence-electron chi connectivity index (χ3n) is 6.39. The van der Waals surface area contributed by atoms with Crippen LogP contribution in [0, 0.1) is 11.3 Å². The van der Waals surface area contributed by atoms with E-state index in [1.807, 2.05) is 0 Å². The van der Waals surface area contributed by atoms with E-state index in [0.717, 1.165) is 0 Å². The number of alkyl carbamates (subject to hydrolysis) is 1. The normalized spacial score (nSPS) is 17.0. The molecule has 2 rings (SSSR count). The number of guanidine groups is 1. The molecule has 1 saturated heterocycles. The number of nitrogens with two attached hydrogens (primary N) is 1. The van der Waals surface area contributed by atoms with Gasteiger partial charge in [0, 0.05) is 13.1 Å². The van der Waals surface area contributed by atoms with Crippen LogP contribution in [0.25, 0.3) is 0 Å². The van der Waals surface area contributed by atoms with E-state index in [1.54, 1.807) is 51.1 Å². The number of hydrogen-bond acceptors (Lipinski definition) is 7. The van der Waals surface area contributed by atoms with Crippen LogP contribution in [0.3, 0.4) is 0 Å². The number of hydrogen-bond donors (Lipinski definition) is 7. The summed E-state index contributed by atoms with van der Waals surface area (Å²) in [7, 11) is 0. The summed E-state index contributed by atoms with van der Waals surface area (Å²) in [5.41, 5.74) is 4.93. The van der Waals surface area contributed by atoms with Crippen molar-refractivity contribution in [1.29, 1.82) is 5.41 Å². The second-order valence-corrected chi connectivity index (χ2v) is 10.8. The van der Waals surface area contributed by atoms with Gasteiger partial charge in [-0.1, -0.05) is 30.3 Å². The van der Waals surface area contributed by atoms with Crippen molar-refractivity contribution < 1.29 is 38.9 Å². The van der Waals surface area contributed by atoms with Gasteiger partial charge in [-0.2, -0.15) is 0 Å². The SMILES string of the molecule is CC(C)(C)OC(=O)N[C@H](C(=O)N1CCC[C@H]1C(=O)N[C@@H](CCCNC(=N)N)C(=O)O)C(Cc1ccccc1)C(=O)O. The highest BCUT2D eigenvalue weighted by Gasteiger charge is 2.43. The Morgan fingerprint density at radius 3 is 2.32 bits per heavy atom. The first kappa shape index (κ1) is 32.8. The molecule has 0 spiro atoms. The molecule has 1 heterocycles. The van der Waals surface area contributed by atoms with Crippen molar-refractivity contribution in [1.82, 2.24) is 20.9 Å². The number of ether oxygens (including phenoxy) is 1. The molecule has 41 heavy (non-hydrogen) atoms. The molecule has 1 aliphatic rings. The number of carboxylic acids is 2. The Labute approximate surface area is 238 Å². The summed E-state index contributed by atoms with van der Waals surface area (Å²) in [4.78, 5) is 65.1. The van der Waals surface area contributed by atoms with Crippen LogP contribution in [0.4, 0.5) is 4.79 Å². The van der Waals surface area contributed by atoms with Crippen molar-refractivity contribution in [2.24, 2.45) is 11.7 Å². The van der Waals surface area contributed by atoms with Crippen LogP contribution in [0.2, 0.25) is 0 Å². The first-order chi connectivity index (χ1) is 19.2. The van der Waals surface area contributed by atoms with Crippen molar-refractivity contribution >= 4 is 35.8 Å². The second-order valence-electron chi connectivity index (χ2n) is 10.8. The molecule has 0 aromatic heterocycles. The number of benzene rings is 1. The van der Waals surface area contributed by atoms with Gasteiger partial charge in [0.25, 0.3) is 0 Å². The van der Waals surface area contributed by atoms with E-state index in [4.69, 9.17) is 15.9 Å². The van der Waals surface area contributed by atoms with E-state index in [-0.39, 0.29) is 38.3 Å². The third kappa shape index (κ3) is 10.6. The van der Waals surface area contributed by atoms with E-state index < -0.39 is 59.5 Å². The van der Waals surface area contributed by atoms with Gasteiger partial charge in [-0.3, -0.25) is 19.8 Å². The Morgan fingerprint density at radius 1 is 1.10 bits per heavy atom. The molecule has 226 valence electrons. The lowest BCUT2D eigenvalue weighted by Crippen LogP contribution is -2.58. The van der Waals surface area contributed by atoms with Crippen LogP contribution in [0.5, 0.6) is 0 Å². The third-order valence-corrected chi connectivity index (χ3v) is 6.39. The largest absolute Gasteiger partial charge is 0.481 e. The topological polar surface area (TPSA) is 224 Å². The number of aliphatic carboxylic acids is 2. The summed E-state index contributed by atoms with van der Waals surface area (Å²) < 4.78 is 5.29. The van der Waals surface area contributed by atoms with Crippen molar-refractivity contribution in [3.8, 4) is 0 Å². The maximum Gasteiger partial charge on any atom is 0.408 e. The zero-order chi connectivity index (χ0) is 30.7. The van der Waals surface area contributed by atoms with Crippen molar-refractivity contribution in [3.05, 3.63) is 35.9 Å². The molecule has 4 atom stereocenters.